The lowest BCUT2D eigenvalue weighted by molar-refractivity contribution is -0.147. The van der Waals surface area contributed by atoms with E-state index in [9.17, 15) is 4.79 Å². The Bertz CT molecular complexity index is 596. The highest BCUT2D eigenvalue weighted by Crippen LogP contribution is 2.24. The summed E-state index contributed by atoms with van der Waals surface area (Å²) in [6.07, 6.45) is 3.64. The number of hydrogen-bond donors (Lipinski definition) is 1. The molecule has 3 nitrogen and oxygen atoms in total. The third-order valence-electron chi connectivity index (χ3n) is 3.71. The van der Waals surface area contributed by atoms with Gasteiger partial charge in [-0.3, -0.25) is 4.79 Å². The Morgan fingerprint density at radius 1 is 1.32 bits per heavy atom. The number of hydrogen-bond acceptors (Lipinski definition) is 1. The molecule has 102 valence electrons. The molecule has 0 saturated carbocycles. The van der Waals surface area contributed by atoms with E-state index in [1.54, 1.807) is 13.8 Å². The molecule has 3 heteroatoms. The van der Waals surface area contributed by atoms with Crippen LogP contribution in [0.25, 0.3) is 10.9 Å². The molecule has 0 aliphatic heterocycles. The molecule has 0 unspecified atom stereocenters. The summed E-state index contributed by atoms with van der Waals surface area (Å²) in [7, 11) is 0. The van der Waals surface area contributed by atoms with Crippen molar-refractivity contribution in [1.82, 2.24) is 4.57 Å². The van der Waals surface area contributed by atoms with E-state index in [2.05, 4.69) is 42.0 Å². The first kappa shape index (κ1) is 13.7. The molecule has 1 heterocycles. The maximum atomic E-state index is 11.1. The number of carboxylic acids is 1. The lowest BCUT2D eigenvalue weighted by atomic mass is 9.88. The average Bonchev–Trinajstić information content (AvgIpc) is 2.71. The number of aryl methyl sites for hydroxylation is 2. The van der Waals surface area contributed by atoms with Gasteiger partial charge in [-0.05, 0) is 57.2 Å². The van der Waals surface area contributed by atoms with Crippen LogP contribution in [0.3, 0.4) is 0 Å². The van der Waals surface area contributed by atoms with Gasteiger partial charge >= 0.3 is 5.97 Å². The zero-order valence-electron chi connectivity index (χ0n) is 11.8. The van der Waals surface area contributed by atoms with Crippen molar-refractivity contribution in [3.05, 3.63) is 36.0 Å². The first-order valence-electron chi connectivity index (χ1n) is 6.69. The number of benzene rings is 1. The van der Waals surface area contributed by atoms with Crippen LogP contribution in [-0.2, 0) is 11.3 Å². The van der Waals surface area contributed by atoms with Crippen LogP contribution in [0.15, 0.2) is 30.5 Å². The van der Waals surface area contributed by atoms with Crippen molar-refractivity contribution >= 4 is 16.9 Å². The smallest absolute Gasteiger partial charge is 0.309 e. The Kier molecular flexibility index (Phi) is 3.65. The number of carboxylic acid groups (broad SMARTS) is 1. The summed E-state index contributed by atoms with van der Waals surface area (Å²) in [5.74, 6) is -0.722. The van der Waals surface area contributed by atoms with Crippen molar-refractivity contribution in [2.45, 2.75) is 40.2 Å². The van der Waals surface area contributed by atoms with Gasteiger partial charge in [0.25, 0.3) is 0 Å². The van der Waals surface area contributed by atoms with Crippen molar-refractivity contribution in [2.24, 2.45) is 5.41 Å². The largest absolute Gasteiger partial charge is 0.481 e. The Balaban J connectivity index is 2.05. The number of rotatable bonds is 5. The molecule has 2 aromatic rings. The minimum Gasteiger partial charge on any atom is -0.481 e. The van der Waals surface area contributed by atoms with Gasteiger partial charge in [-0.2, -0.15) is 0 Å². The maximum absolute atomic E-state index is 11.1. The van der Waals surface area contributed by atoms with Crippen LogP contribution >= 0.6 is 0 Å². The molecule has 0 amide bonds. The van der Waals surface area contributed by atoms with E-state index >= 15 is 0 Å². The van der Waals surface area contributed by atoms with E-state index in [1.165, 1.54) is 16.5 Å². The third kappa shape index (κ3) is 2.98. The Morgan fingerprint density at radius 3 is 2.74 bits per heavy atom. The van der Waals surface area contributed by atoms with Crippen molar-refractivity contribution in [3.8, 4) is 0 Å². The van der Waals surface area contributed by atoms with Gasteiger partial charge in [0.2, 0.25) is 0 Å². The van der Waals surface area contributed by atoms with Crippen LogP contribution in [-0.4, -0.2) is 15.6 Å². The molecular formula is C16H21NO2. The van der Waals surface area contributed by atoms with E-state index in [4.69, 9.17) is 5.11 Å². The van der Waals surface area contributed by atoms with Crippen LogP contribution in [0.4, 0.5) is 0 Å². The molecule has 0 aliphatic carbocycles. The SMILES string of the molecule is Cc1ccc2c(ccn2CCCC(C)(C)C(=O)O)c1. The van der Waals surface area contributed by atoms with Gasteiger partial charge in [0.15, 0.2) is 0 Å². The number of aliphatic carboxylic acids is 1. The molecule has 0 fully saturated rings. The predicted molar refractivity (Wildman–Crippen MR) is 77.3 cm³/mol. The minimum absolute atomic E-state index is 0.639. The van der Waals surface area contributed by atoms with Gasteiger partial charge < -0.3 is 9.67 Å². The van der Waals surface area contributed by atoms with Crippen molar-refractivity contribution in [3.63, 3.8) is 0 Å². The summed E-state index contributed by atoms with van der Waals surface area (Å²) in [5, 5.41) is 10.3. The van der Waals surface area contributed by atoms with Crippen LogP contribution in [0, 0.1) is 12.3 Å². The normalized spacial score (nSPS) is 11.9. The highest BCUT2D eigenvalue weighted by atomic mass is 16.4. The second kappa shape index (κ2) is 5.08. The Hall–Kier alpha value is -1.77. The molecule has 0 radical (unpaired) electrons. The lowest BCUT2D eigenvalue weighted by Gasteiger charge is -2.18. The first-order valence-corrected chi connectivity index (χ1v) is 6.69. The third-order valence-corrected chi connectivity index (χ3v) is 3.71. The first-order chi connectivity index (χ1) is 8.90. The number of aromatic nitrogens is 1. The second-order valence-corrected chi connectivity index (χ2v) is 5.86. The van der Waals surface area contributed by atoms with E-state index in [0.717, 1.165) is 13.0 Å². The summed E-state index contributed by atoms with van der Waals surface area (Å²) in [5.41, 5.74) is 1.84. The molecule has 2 rings (SSSR count). The van der Waals surface area contributed by atoms with Gasteiger partial charge in [0.1, 0.15) is 0 Å². The zero-order chi connectivity index (χ0) is 14.0. The fraction of sp³-hybridized carbons (Fsp3) is 0.438. The predicted octanol–water partition coefficient (Wildman–Crippen LogP) is 3.84. The van der Waals surface area contributed by atoms with Gasteiger partial charge in [0.05, 0.1) is 5.41 Å². The number of fused-ring (bicyclic) bond motifs is 1. The molecule has 0 bridgehead atoms. The molecule has 0 saturated heterocycles. The fourth-order valence-electron chi connectivity index (χ4n) is 2.31. The zero-order valence-corrected chi connectivity index (χ0v) is 11.8. The van der Waals surface area contributed by atoms with Crippen molar-refractivity contribution in [1.29, 1.82) is 0 Å². The highest BCUT2D eigenvalue weighted by Gasteiger charge is 2.26. The maximum Gasteiger partial charge on any atom is 0.309 e. The Morgan fingerprint density at radius 2 is 2.05 bits per heavy atom. The number of nitrogens with zero attached hydrogens (tertiary/aromatic N) is 1. The van der Waals surface area contributed by atoms with Gasteiger partial charge in [0, 0.05) is 18.3 Å². The van der Waals surface area contributed by atoms with Gasteiger partial charge in [-0.25, -0.2) is 0 Å². The topological polar surface area (TPSA) is 42.2 Å². The Labute approximate surface area is 113 Å². The molecular weight excluding hydrogens is 238 g/mol. The molecule has 19 heavy (non-hydrogen) atoms. The fourth-order valence-corrected chi connectivity index (χ4v) is 2.31. The minimum atomic E-state index is -0.722. The molecule has 0 spiro atoms. The van der Waals surface area contributed by atoms with E-state index in [-0.39, 0.29) is 0 Å². The van der Waals surface area contributed by atoms with E-state index in [0.29, 0.717) is 6.42 Å². The standard InChI is InChI=1S/C16H21NO2/c1-12-5-6-14-13(11-12)7-10-17(14)9-4-8-16(2,3)15(18)19/h5-7,10-11H,4,8-9H2,1-3H3,(H,18,19). The molecule has 1 N–H and O–H groups in total. The average molecular weight is 259 g/mol. The summed E-state index contributed by atoms with van der Waals surface area (Å²) < 4.78 is 2.20. The van der Waals surface area contributed by atoms with Crippen molar-refractivity contribution in [2.75, 3.05) is 0 Å². The summed E-state index contributed by atoms with van der Waals surface area (Å²) in [6, 6.07) is 8.53. The summed E-state index contributed by atoms with van der Waals surface area (Å²) in [6.45, 7) is 6.52. The van der Waals surface area contributed by atoms with Gasteiger partial charge in [-0.15, -0.1) is 0 Å². The lowest BCUT2D eigenvalue weighted by Crippen LogP contribution is -2.23. The van der Waals surface area contributed by atoms with E-state index < -0.39 is 11.4 Å². The van der Waals surface area contributed by atoms with Crippen LogP contribution in [0.5, 0.6) is 0 Å². The molecule has 1 aromatic carbocycles. The summed E-state index contributed by atoms with van der Waals surface area (Å²) in [4.78, 5) is 11.1. The molecule has 0 aliphatic rings. The van der Waals surface area contributed by atoms with Crippen LogP contribution < -0.4 is 0 Å². The van der Waals surface area contributed by atoms with Gasteiger partial charge in [-0.1, -0.05) is 11.6 Å². The van der Waals surface area contributed by atoms with Crippen LogP contribution in [0.1, 0.15) is 32.3 Å². The quantitative estimate of drug-likeness (QED) is 0.886. The molecule has 1 aromatic heterocycles. The second-order valence-electron chi connectivity index (χ2n) is 5.86. The highest BCUT2D eigenvalue weighted by molar-refractivity contribution is 5.80. The summed E-state index contributed by atoms with van der Waals surface area (Å²) >= 11 is 0. The van der Waals surface area contributed by atoms with E-state index in [1.807, 2.05) is 0 Å². The monoisotopic (exact) mass is 259 g/mol. The molecule has 0 atom stereocenters. The number of carbonyl (C=O) groups is 1. The van der Waals surface area contributed by atoms with Crippen LogP contribution in [0.2, 0.25) is 0 Å². The van der Waals surface area contributed by atoms with Crippen molar-refractivity contribution < 1.29 is 9.90 Å².